The first-order valence-corrected chi connectivity index (χ1v) is 10.3. The Morgan fingerprint density at radius 2 is 2.09 bits per heavy atom. The maximum atomic E-state index is 12.1. The first-order chi connectivity index (χ1) is 10.5. The van der Waals surface area contributed by atoms with Gasteiger partial charge in [-0.1, -0.05) is 0 Å². The topological polar surface area (TPSA) is 66.5 Å². The van der Waals surface area contributed by atoms with Gasteiger partial charge in [-0.05, 0) is 54.4 Å². The lowest BCUT2D eigenvalue weighted by atomic mass is 10.1. The molecule has 0 saturated carbocycles. The van der Waals surface area contributed by atoms with Gasteiger partial charge < -0.3 is 5.32 Å². The minimum Gasteiger partial charge on any atom is -0.347 e. The van der Waals surface area contributed by atoms with Crippen LogP contribution in [0.2, 0.25) is 0 Å². The average molecular weight is 340 g/mol. The van der Waals surface area contributed by atoms with Crippen LogP contribution < -0.4 is 5.32 Å². The van der Waals surface area contributed by atoms with Crippen molar-refractivity contribution in [2.24, 2.45) is 0 Å². The van der Waals surface area contributed by atoms with Crippen molar-refractivity contribution in [3.8, 4) is 0 Å². The maximum absolute atomic E-state index is 12.1. The summed E-state index contributed by atoms with van der Waals surface area (Å²) in [5.41, 5.74) is 0.982. The van der Waals surface area contributed by atoms with Gasteiger partial charge in [-0.25, -0.2) is 8.42 Å². The van der Waals surface area contributed by atoms with E-state index in [2.05, 4.69) is 10.2 Å². The van der Waals surface area contributed by atoms with Crippen molar-refractivity contribution in [1.29, 1.82) is 0 Å². The molecule has 5 nitrogen and oxygen atoms in total. The maximum Gasteiger partial charge on any atom is 0.244 e. The summed E-state index contributed by atoms with van der Waals surface area (Å²) in [5.74, 6) is -0.0178. The van der Waals surface area contributed by atoms with Gasteiger partial charge in [0, 0.05) is 12.1 Å². The zero-order valence-corrected chi connectivity index (χ0v) is 13.9. The largest absolute Gasteiger partial charge is 0.347 e. The fourth-order valence-electron chi connectivity index (χ4n) is 3.17. The minimum atomic E-state index is -3.06. The lowest BCUT2D eigenvalue weighted by Gasteiger charge is -2.28. The first kappa shape index (κ1) is 15.7. The molecule has 2 atom stereocenters. The Bertz CT molecular complexity index is 646. The molecule has 1 aromatic heterocycles. The number of thiophene rings is 1. The molecule has 2 fully saturated rings. The SMILES string of the molecule is O=C(/C=C\c1ccsc1)N[C@@H]1CS(=O)(=O)C[C@H]1N1CCCC1. The number of rotatable bonds is 4. The molecular weight excluding hydrogens is 320 g/mol. The molecule has 1 aromatic rings. The summed E-state index contributed by atoms with van der Waals surface area (Å²) in [5, 5.41) is 6.78. The highest BCUT2D eigenvalue weighted by Crippen LogP contribution is 2.22. The molecule has 0 unspecified atom stereocenters. The molecular formula is C15H20N2O3S2. The molecule has 7 heteroatoms. The molecule has 2 aliphatic rings. The number of nitrogens with zero attached hydrogens (tertiary/aromatic N) is 1. The van der Waals surface area contributed by atoms with Crippen LogP contribution in [0.5, 0.6) is 0 Å². The van der Waals surface area contributed by atoms with Crippen molar-refractivity contribution in [2.45, 2.75) is 24.9 Å². The highest BCUT2D eigenvalue weighted by atomic mass is 32.2. The van der Waals surface area contributed by atoms with E-state index in [-0.39, 0.29) is 29.5 Å². The van der Waals surface area contributed by atoms with Gasteiger partial charge in [0.05, 0.1) is 17.5 Å². The van der Waals surface area contributed by atoms with E-state index in [4.69, 9.17) is 0 Å². The number of hydrogen-bond acceptors (Lipinski definition) is 5. The first-order valence-electron chi connectivity index (χ1n) is 7.49. The van der Waals surface area contributed by atoms with E-state index in [1.807, 2.05) is 16.8 Å². The normalized spacial score (nSPS) is 28.4. The van der Waals surface area contributed by atoms with Gasteiger partial charge in [-0.3, -0.25) is 9.69 Å². The van der Waals surface area contributed by atoms with Crippen LogP contribution in [0.3, 0.4) is 0 Å². The minimum absolute atomic E-state index is 0.0478. The number of nitrogens with one attached hydrogen (secondary N) is 1. The number of carbonyl (C=O) groups is 1. The van der Waals surface area contributed by atoms with E-state index in [1.165, 1.54) is 6.08 Å². The molecule has 2 aliphatic heterocycles. The van der Waals surface area contributed by atoms with E-state index < -0.39 is 9.84 Å². The van der Waals surface area contributed by atoms with Crippen molar-refractivity contribution >= 4 is 33.2 Å². The number of amides is 1. The van der Waals surface area contributed by atoms with Gasteiger partial charge >= 0.3 is 0 Å². The number of carbonyl (C=O) groups excluding carboxylic acids is 1. The van der Waals surface area contributed by atoms with E-state index in [9.17, 15) is 13.2 Å². The number of hydrogen-bond donors (Lipinski definition) is 1. The Kier molecular flexibility index (Phi) is 4.65. The Balaban J connectivity index is 1.65. The van der Waals surface area contributed by atoms with E-state index in [1.54, 1.807) is 17.4 Å². The fraction of sp³-hybridized carbons (Fsp3) is 0.533. The molecule has 0 radical (unpaired) electrons. The summed E-state index contributed by atoms with van der Waals surface area (Å²) in [4.78, 5) is 14.3. The highest BCUT2D eigenvalue weighted by molar-refractivity contribution is 7.91. The lowest BCUT2D eigenvalue weighted by Crippen LogP contribution is -2.49. The van der Waals surface area contributed by atoms with Crippen LogP contribution in [0.4, 0.5) is 0 Å². The average Bonchev–Trinajstić information content (AvgIpc) is 3.17. The Morgan fingerprint density at radius 1 is 1.32 bits per heavy atom. The monoisotopic (exact) mass is 340 g/mol. The van der Waals surface area contributed by atoms with Gasteiger partial charge in [-0.15, -0.1) is 0 Å². The van der Waals surface area contributed by atoms with E-state index in [0.717, 1.165) is 31.5 Å². The van der Waals surface area contributed by atoms with E-state index >= 15 is 0 Å². The zero-order valence-electron chi connectivity index (χ0n) is 12.3. The highest BCUT2D eigenvalue weighted by Gasteiger charge is 2.42. The second-order valence-corrected chi connectivity index (χ2v) is 8.83. The summed E-state index contributed by atoms with van der Waals surface area (Å²) in [6.45, 7) is 1.86. The Labute approximate surface area is 134 Å². The summed E-state index contributed by atoms with van der Waals surface area (Å²) in [7, 11) is -3.06. The van der Waals surface area contributed by atoms with Crippen LogP contribution in [-0.2, 0) is 14.6 Å². The third kappa shape index (κ3) is 3.77. The lowest BCUT2D eigenvalue weighted by molar-refractivity contribution is -0.117. The zero-order chi connectivity index (χ0) is 15.6. The summed E-state index contributed by atoms with van der Waals surface area (Å²) in [6, 6.07) is 1.55. The fourth-order valence-corrected chi connectivity index (χ4v) is 5.75. The van der Waals surface area contributed by atoms with Crippen molar-refractivity contribution in [2.75, 3.05) is 24.6 Å². The summed E-state index contributed by atoms with van der Waals surface area (Å²) >= 11 is 1.57. The summed E-state index contributed by atoms with van der Waals surface area (Å²) < 4.78 is 23.9. The molecule has 1 N–H and O–H groups in total. The molecule has 1 amide bonds. The van der Waals surface area contributed by atoms with Crippen LogP contribution in [0, 0.1) is 0 Å². The van der Waals surface area contributed by atoms with Crippen molar-refractivity contribution < 1.29 is 13.2 Å². The molecule has 0 spiro atoms. The van der Waals surface area contributed by atoms with Gasteiger partial charge in [0.1, 0.15) is 0 Å². The number of sulfone groups is 1. The van der Waals surface area contributed by atoms with Gasteiger partial charge in [0.15, 0.2) is 9.84 Å². The predicted molar refractivity (Wildman–Crippen MR) is 88.5 cm³/mol. The molecule has 22 heavy (non-hydrogen) atoms. The predicted octanol–water partition coefficient (Wildman–Crippen LogP) is 1.14. The molecule has 0 aliphatic carbocycles. The molecule has 3 heterocycles. The van der Waals surface area contributed by atoms with Gasteiger partial charge in [0.2, 0.25) is 5.91 Å². The van der Waals surface area contributed by atoms with Gasteiger partial charge in [-0.2, -0.15) is 11.3 Å². The van der Waals surface area contributed by atoms with Crippen LogP contribution in [0.25, 0.3) is 6.08 Å². The third-order valence-corrected chi connectivity index (χ3v) is 6.65. The Hall–Kier alpha value is -1.18. The van der Waals surface area contributed by atoms with Crippen LogP contribution in [0.15, 0.2) is 22.9 Å². The Morgan fingerprint density at radius 3 is 2.77 bits per heavy atom. The van der Waals surface area contributed by atoms with Crippen LogP contribution >= 0.6 is 11.3 Å². The van der Waals surface area contributed by atoms with Crippen LogP contribution in [-0.4, -0.2) is 55.9 Å². The van der Waals surface area contributed by atoms with Crippen molar-refractivity contribution in [3.05, 3.63) is 28.5 Å². The molecule has 0 aromatic carbocycles. The second kappa shape index (κ2) is 6.52. The van der Waals surface area contributed by atoms with Crippen molar-refractivity contribution in [3.63, 3.8) is 0 Å². The quantitative estimate of drug-likeness (QED) is 0.835. The summed E-state index contributed by atoms with van der Waals surface area (Å²) in [6.07, 6.45) is 5.44. The smallest absolute Gasteiger partial charge is 0.244 e. The van der Waals surface area contributed by atoms with Crippen LogP contribution in [0.1, 0.15) is 18.4 Å². The molecule has 2 saturated heterocycles. The number of likely N-dealkylation sites (tertiary alicyclic amines) is 1. The van der Waals surface area contributed by atoms with Gasteiger partial charge in [0.25, 0.3) is 0 Å². The molecule has 3 rings (SSSR count). The molecule has 120 valence electrons. The standard InChI is InChI=1S/C15H20N2O3S2/c18-15(4-3-12-5-8-21-9-12)16-13-10-22(19,20)11-14(13)17-6-1-2-7-17/h3-5,8-9,13-14H,1-2,6-7,10-11H2,(H,16,18)/b4-3-/t13-,14-/m1/s1. The van der Waals surface area contributed by atoms with E-state index in [0.29, 0.717) is 0 Å². The second-order valence-electron chi connectivity index (χ2n) is 5.89. The third-order valence-electron chi connectivity index (χ3n) is 4.23. The van der Waals surface area contributed by atoms with Crippen molar-refractivity contribution in [1.82, 2.24) is 10.2 Å². The molecule has 0 bridgehead atoms.